The molecule has 0 saturated heterocycles. The minimum absolute atomic E-state index is 0.105. The SMILES string of the molecule is C=CCOC(=O)C1=C(C)N=C2SC=C(CC(=O)NCc3ccc4c(c3)OCO4)N2C1c1ccccc1. The van der Waals surface area contributed by atoms with Gasteiger partial charge in [-0.05, 0) is 35.6 Å². The van der Waals surface area contributed by atoms with Crippen LogP contribution in [-0.4, -0.2) is 35.3 Å². The molecule has 1 N–H and O–H groups in total. The highest BCUT2D eigenvalue weighted by molar-refractivity contribution is 8.16. The van der Waals surface area contributed by atoms with E-state index in [4.69, 9.17) is 14.2 Å². The van der Waals surface area contributed by atoms with E-state index < -0.39 is 12.0 Å². The average Bonchev–Trinajstić information content (AvgIpc) is 3.52. The number of aliphatic imine (C=N–C) groups is 1. The number of amides is 1. The number of benzene rings is 2. The van der Waals surface area contributed by atoms with E-state index >= 15 is 0 Å². The molecule has 2 aromatic rings. The first-order valence-corrected chi connectivity index (χ1v) is 12.4. The molecule has 0 saturated carbocycles. The quantitative estimate of drug-likeness (QED) is 0.421. The molecule has 3 aliphatic rings. The average molecular weight is 504 g/mol. The Morgan fingerprint density at radius 3 is 2.83 bits per heavy atom. The summed E-state index contributed by atoms with van der Waals surface area (Å²) in [5, 5.41) is 5.61. The second-order valence-corrected chi connectivity index (χ2v) is 9.17. The van der Waals surface area contributed by atoms with Gasteiger partial charge in [-0.2, -0.15) is 0 Å². The molecular weight excluding hydrogens is 478 g/mol. The van der Waals surface area contributed by atoms with Crippen molar-refractivity contribution in [2.45, 2.75) is 25.9 Å². The molecule has 9 heteroatoms. The molecule has 8 nitrogen and oxygen atoms in total. The first-order valence-electron chi connectivity index (χ1n) is 11.5. The molecule has 0 radical (unpaired) electrons. The number of nitrogens with zero attached hydrogens (tertiary/aromatic N) is 2. The predicted molar refractivity (Wildman–Crippen MR) is 137 cm³/mol. The molecule has 36 heavy (non-hydrogen) atoms. The zero-order chi connectivity index (χ0) is 25.1. The molecule has 5 rings (SSSR count). The van der Waals surface area contributed by atoms with Gasteiger partial charge in [0.25, 0.3) is 0 Å². The summed E-state index contributed by atoms with van der Waals surface area (Å²) in [5.41, 5.74) is 3.62. The number of hydrogen-bond acceptors (Lipinski definition) is 8. The number of carbonyl (C=O) groups is 2. The van der Waals surface area contributed by atoms with Crippen molar-refractivity contribution in [3.8, 4) is 11.5 Å². The molecule has 1 unspecified atom stereocenters. The second-order valence-electron chi connectivity index (χ2n) is 8.33. The van der Waals surface area contributed by atoms with Gasteiger partial charge in [-0.1, -0.05) is 60.8 Å². The van der Waals surface area contributed by atoms with Crippen LogP contribution in [0.3, 0.4) is 0 Å². The second kappa shape index (κ2) is 10.3. The number of ether oxygens (including phenoxy) is 3. The maximum atomic E-state index is 13.1. The number of fused-ring (bicyclic) bond motifs is 2. The Morgan fingerprint density at radius 1 is 1.22 bits per heavy atom. The summed E-state index contributed by atoms with van der Waals surface area (Å²) in [7, 11) is 0. The van der Waals surface area contributed by atoms with Crippen molar-refractivity contribution < 1.29 is 23.8 Å². The van der Waals surface area contributed by atoms with Crippen molar-refractivity contribution in [3.63, 3.8) is 0 Å². The van der Waals surface area contributed by atoms with Crippen LogP contribution in [0, 0.1) is 0 Å². The lowest BCUT2D eigenvalue weighted by Crippen LogP contribution is -2.38. The van der Waals surface area contributed by atoms with E-state index in [1.807, 2.05) is 58.8 Å². The molecule has 3 heterocycles. The van der Waals surface area contributed by atoms with Crippen LogP contribution in [-0.2, 0) is 20.9 Å². The number of allylic oxidation sites excluding steroid dienone is 1. The number of rotatable bonds is 8. The zero-order valence-electron chi connectivity index (χ0n) is 19.7. The van der Waals surface area contributed by atoms with Crippen LogP contribution in [0.25, 0.3) is 0 Å². The fraction of sp³-hybridized carbons (Fsp3) is 0.222. The number of esters is 1. The number of hydrogen-bond donors (Lipinski definition) is 1. The molecule has 0 fully saturated rings. The molecule has 0 spiro atoms. The van der Waals surface area contributed by atoms with Crippen LogP contribution >= 0.6 is 11.8 Å². The van der Waals surface area contributed by atoms with Gasteiger partial charge in [0.15, 0.2) is 16.7 Å². The van der Waals surface area contributed by atoms with Gasteiger partial charge in [-0.3, -0.25) is 4.79 Å². The number of thioether (sulfide) groups is 1. The normalized spacial score (nSPS) is 17.8. The Balaban J connectivity index is 1.35. The van der Waals surface area contributed by atoms with Crippen molar-refractivity contribution in [2.24, 2.45) is 4.99 Å². The Labute approximate surface area is 213 Å². The Kier molecular flexibility index (Phi) is 6.81. The summed E-state index contributed by atoms with van der Waals surface area (Å²) in [6.45, 7) is 6.10. The van der Waals surface area contributed by atoms with E-state index in [0.29, 0.717) is 29.3 Å². The van der Waals surface area contributed by atoms with E-state index in [0.717, 1.165) is 22.0 Å². The summed E-state index contributed by atoms with van der Waals surface area (Å²) in [6, 6.07) is 14.8. The van der Waals surface area contributed by atoms with Gasteiger partial charge < -0.3 is 24.4 Å². The van der Waals surface area contributed by atoms with Gasteiger partial charge in [-0.15, -0.1) is 0 Å². The monoisotopic (exact) mass is 503 g/mol. The third-order valence-corrected chi connectivity index (χ3v) is 6.83. The van der Waals surface area contributed by atoms with Crippen molar-refractivity contribution in [2.75, 3.05) is 13.4 Å². The molecule has 3 aliphatic heterocycles. The zero-order valence-corrected chi connectivity index (χ0v) is 20.5. The predicted octanol–water partition coefficient (Wildman–Crippen LogP) is 4.43. The van der Waals surface area contributed by atoms with E-state index in [2.05, 4.69) is 16.9 Å². The Hall–Kier alpha value is -3.98. The Morgan fingerprint density at radius 2 is 2.03 bits per heavy atom. The maximum Gasteiger partial charge on any atom is 0.338 e. The van der Waals surface area contributed by atoms with Gasteiger partial charge in [0.05, 0.1) is 23.7 Å². The minimum atomic E-state index is -0.459. The standard InChI is InChI=1S/C27H25N3O5S/c1-3-11-33-26(32)24-17(2)29-27-30(25(24)19-7-5-4-6-8-19)20(15-36-27)13-23(31)28-14-18-9-10-21-22(12-18)35-16-34-21/h3-10,12,15,25H,1,11,13-14,16H2,2H3,(H,28,31). The molecule has 1 amide bonds. The van der Waals surface area contributed by atoms with Gasteiger partial charge in [0.2, 0.25) is 12.7 Å². The van der Waals surface area contributed by atoms with Gasteiger partial charge in [0.1, 0.15) is 6.61 Å². The minimum Gasteiger partial charge on any atom is -0.458 e. The third kappa shape index (κ3) is 4.74. The van der Waals surface area contributed by atoms with Crippen LogP contribution < -0.4 is 14.8 Å². The summed E-state index contributed by atoms with van der Waals surface area (Å²) >= 11 is 1.44. The number of nitrogens with one attached hydrogen (secondary N) is 1. The van der Waals surface area contributed by atoms with Gasteiger partial charge in [0, 0.05) is 12.2 Å². The highest BCUT2D eigenvalue weighted by Gasteiger charge is 2.41. The molecule has 1 atom stereocenters. The summed E-state index contributed by atoms with van der Waals surface area (Å²) < 4.78 is 16.2. The molecule has 2 aromatic carbocycles. The molecule has 0 aromatic heterocycles. The summed E-state index contributed by atoms with van der Waals surface area (Å²) in [6.07, 6.45) is 1.66. The fourth-order valence-electron chi connectivity index (χ4n) is 4.27. The summed E-state index contributed by atoms with van der Waals surface area (Å²) in [4.78, 5) is 32.6. The molecule has 0 bridgehead atoms. The maximum absolute atomic E-state index is 13.1. The van der Waals surface area contributed by atoms with Crippen LogP contribution in [0.1, 0.15) is 30.5 Å². The highest BCUT2D eigenvalue weighted by Crippen LogP contribution is 2.44. The van der Waals surface area contributed by atoms with Crippen LogP contribution in [0.5, 0.6) is 11.5 Å². The molecular formula is C27H25N3O5S. The first kappa shape index (κ1) is 23.7. The lowest BCUT2D eigenvalue weighted by Gasteiger charge is -2.36. The van der Waals surface area contributed by atoms with Crippen molar-refractivity contribution in [3.05, 3.63) is 94.7 Å². The molecule has 0 aliphatic carbocycles. The lowest BCUT2D eigenvalue weighted by molar-refractivity contribution is -0.138. The first-order chi connectivity index (χ1) is 17.5. The van der Waals surface area contributed by atoms with E-state index in [1.165, 1.54) is 17.8 Å². The fourth-order valence-corrected chi connectivity index (χ4v) is 5.24. The third-order valence-electron chi connectivity index (χ3n) is 5.94. The molecule has 184 valence electrons. The van der Waals surface area contributed by atoms with Crippen LogP contribution in [0.2, 0.25) is 0 Å². The lowest BCUT2D eigenvalue weighted by atomic mass is 9.94. The van der Waals surface area contributed by atoms with Crippen molar-refractivity contribution in [1.82, 2.24) is 10.2 Å². The summed E-state index contributed by atoms with van der Waals surface area (Å²) in [5.74, 6) is 0.782. The van der Waals surface area contributed by atoms with Gasteiger partial charge >= 0.3 is 5.97 Å². The topological polar surface area (TPSA) is 89.5 Å². The number of amidine groups is 1. The smallest absolute Gasteiger partial charge is 0.338 e. The van der Waals surface area contributed by atoms with E-state index in [-0.39, 0.29) is 25.7 Å². The van der Waals surface area contributed by atoms with Crippen LogP contribution in [0.15, 0.2) is 88.6 Å². The van der Waals surface area contributed by atoms with Gasteiger partial charge in [-0.25, -0.2) is 9.79 Å². The van der Waals surface area contributed by atoms with Crippen molar-refractivity contribution >= 4 is 28.8 Å². The largest absolute Gasteiger partial charge is 0.458 e. The number of carbonyl (C=O) groups excluding carboxylic acids is 2. The van der Waals surface area contributed by atoms with E-state index in [1.54, 1.807) is 6.92 Å². The highest BCUT2D eigenvalue weighted by atomic mass is 32.2. The van der Waals surface area contributed by atoms with Crippen LogP contribution in [0.4, 0.5) is 0 Å². The Bertz CT molecular complexity index is 1300. The van der Waals surface area contributed by atoms with E-state index in [9.17, 15) is 9.59 Å². The van der Waals surface area contributed by atoms with Crippen molar-refractivity contribution in [1.29, 1.82) is 0 Å².